The molecule has 0 aromatic heterocycles. The van der Waals surface area contributed by atoms with E-state index in [2.05, 4.69) is 6.07 Å². The summed E-state index contributed by atoms with van der Waals surface area (Å²) < 4.78 is 11.8. The van der Waals surface area contributed by atoms with E-state index in [1.54, 1.807) is 7.11 Å². The van der Waals surface area contributed by atoms with Gasteiger partial charge in [-0.3, -0.25) is 5.84 Å². The quantitative estimate of drug-likeness (QED) is 0.764. The molecule has 0 bridgehead atoms. The number of benzene rings is 1. The van der Waals surface area contributed by atoms with Gasteiger partial charge >= 0.3 is 0 Å². The van der Waals surface area contributed by atoms with Crippen molar-refractivity contribution in [1.82, 2.24) is 5.01 Å². The number of rotatable bonds is 1. The zero-order chi connectivity index (χ0) is 14.6. The molecule has 1 aromatic carbocycles. The normalized spacial score (nSPS) is 34.6. The first-order chi connectivity index (χ1) is 10.1. The van der Waals surface area contributed by atoms with Crippen molar-refractivity contribution in [3.05, 3.63) is 23.3 Å². The van der Waals surface area contributed by atoms with Gasteiger partial charge in [0, 0.05) is 30.5 Å². The molecule has 114 valence electrons. The molecule has 5 nitrogen and oxygen atoms in total. The highest BCUT2D eigenvalue weighted by Gasteiger charge is 2.54. The molecular formula is C16H22N2O3. The molecule has 3 atom stereocenters. The summed E-state index contributed by atoms with van der Waals surface area (Å²) in [6, 6.07) is 4.08. The number of ether oxygens (including phenoxy) is 2. The molecule has 5 heteroatoms. The summed E-state index contributed by atoms with van der Waals surface area (Å²) in [5.74, 6) is 7.79. The summed E-state index contributed by atoms with van der Waals surface area (Å²) in [5.41, 5.74) is 2.52. The van der Waals surface area contributed by atoms with Crippen LogP contribution in [-0.2, 0) is 12.0 Å². The fourth-order valence-corrected chi connectivity index (χ4v) is 4.38. The molecular weight excluding hydrogens is 268 g/mol. The second-order valence-corrected chi connectivity index (χ2v) is 6.54. The van der Waals surface area contributed by atoms with Gasteiger partial charge in [0.25, 0.3) is 0 Å². The Hall–Kier alpha value is -1.30. The number of methoxy groups -OCH3 is 1. The molecule has 1 saturated carbocycles. The Bertz CT molecular complexity index is 577. The Labute approximate surface area is 124 Å². The van der Waals surface area contributed by atoms with Crippen molar-refractivity contribution in [3.63, 3.8) is 0 Å². The first kappa shape index (κ1) is 13.4. The molecule has 1 fully saturated rings. The van der Waals surface area contributed by atoms with Crippen molar-refractivity contribution in [1.29, 1.82) is 0 Å². The van der Waals surface area contributed by atoms with E-state index in [0.717, 1.165) is 43.9 Å². The lowest BCUT2D eigenvalue weighted by molar-refractivity contribution is 0.0113. The molecule has 3 N–H and O–H groups in total. The average molecular weight is 290 g/mol. The molecule has 1 aromatic rings. The van der Waals surface area contributed by atoms with E-state index in [-0.39, 0.29) is 17.6 Å². The lowest BCUT2D eigenvalue weighted by Crippen LogP contribution is -2.46. The topological polar surface area (TPSA) is 68.0 Å². The zero-order valence-electron chi connectivity index (χ0n) is 12.3. The van der Waals surface area contributed by atoms with Crippen molar-refractivity contribution < 1.29 is 14.6 Å². The van der Waals surface area contributed by atoms with Crippen molar-refractivity contribution >= 4 is 0 Å². The van der Waals surface area contributed by atoms with E-state index < -0.39 is 0 Å². The molecule has 1 aliphatic carbocycles. The lowest BCUT2D eigenvalue weighted by Gasteiger charge is -2.40. The smallest absolute Gasteiger partial charge is 0.165 e. The van der Waals surface area contributed by atoms with Crippen LogP contribution in [0.5, 0.6) is 11.5 Å². The minimum Gasteiger partial charge on any atom is -0.493 e. The van der Waals surface area contributed by atoms with Crippen LogP contribution in [0.4, 0.5) is 0 Å². The van der Waals surface area contributed by atoms with Crippen molar-refractivity contribution in [2.24, 2.45) is 5.84 Å². The Morgan fingerprint density at radius 1 is 1.43 bits per heavy atom. The fraction of sp³-hybridized carbons (Fsp3) is 0.625. The summed E-state index contributed by atoms with van der Waals surface area (Å²) in [6.45, 7) is 1.60. The predicted molar refractivity (Wildman–Crippen MR) is 78.2 cm³/mol. The number of hydrogen-bond donors (Lipinski definition) is 2. The first-order valence-corrected chi connectivity index (χ1v) is 7.69. The van der Waals surface area contributed by atoms with Gasteiger partial charge in [-0.1, -0.05) is 6.07 Å². The van der Waals surface area contributed by atoms with Crippen LogP contribution in [0.3, 0.4) is 0 Å². The Kier molecular flexibility index (Phi) is 2.93. The molecule has 2 unspecified atom stereocenters. The molecule has 0 saturated heterocycles. The highest BCUT2D eigenvalue weighted by Crippen LogP contribution is 2.57. The van der Waals surface area contributed by atoms with E-state index in [1.165, 1.54) is 11.1 Å². The maximum Gasteiger partial charge on any atom is 0.165 e. The first-order valence-electron chi connectivity index (χ1n) is 7.69. The number of hydrogen-bond acceptors (Lipinski definition) is 5. The number of nitrogens with two attached hydrogens (primary N) is 1. The van der Waals surface area contributed by atoms with Gasteiger partial charge in [-0.25, -0.2) is 5.01 Å². The highest BCUT2D eigenvalue weighted by molar-refractivity contribution is 5.58. The number of nitrogens with zero attached hydrogens (tertiary/aromatic N) is 1. The summed E-state index contributed by atoms with van der Waals surface area (Å²) in [4.78, 5) is 0. The van der Waals surface area contributed by atoms with Crippen LogP contribution in [-0.4, -0.2) is 36.0 Å². The van der Waals surface area contributed by atoms with Crippen LogP contribution in [0, 0.1) is 0 Å². The van der Waals surface area contributed by atoms with Crippen molar-refractivity contribution in [2.45, 2.75) is 49.9 Å². The van der Waals surface area contributed by atoms with E-state index in [0.29, 0.717) is 6.42 Å². The lowest BCUT2D eigenvalue weighted by atomic mass is 9.65. The van der Waals surface area contributed by atoms with Gasteiger partial charge in [0.1, 0.15) is 6.10 Å². The second kappa shape index (κ2) is 4.60. The number of hydrazine groups is 1. The minimum atomic E-state index is -0.262. The van der Waals surface area contributed by atoms with Crippen molar-refractivity contribution in [3.8, 4) is 11.5 Å². The average Bonchev–Trinajstić information content (AvgIpc) is 2.72. The Morgan fingerprint density at radius 3 is 3.10 bits per heavy atom. The van der Waals surface area contributed by atoms with E-state index in [9.17, 15) is 5.11 Å². The number of aliphatic hydroxyl groups excluding tert-OH is 1. The van der Waals surface area contributed by atoms with Gasteiger partial charge in [0.15, 0.2) is 11.5 Å². The van der Waals surface area contributed by atoms with Gasteiger partial charge in [-0.05, 0) is 30.9 Å². The molecule has 3 aliphatic rings. The molecule has 2 heterocycles. The third kappa shape index (κ3) is 1.81. The van der Waals surface area contributed by atoms with Crippen LogP contribution < -0.4 is 15.3 Å². The maximum absolute atomic E-state index is 10.0. The SMILES string of the molecule is COc1ccc2c3c1OC1CC(O)CC[C@@]31CCN(N)C2. The molecule has 0 radical (unpaired) electrons. The van der Waals surface area contributed by atoms with Gasteiger partial charge in [-0.2, -0.15) is 0 Å². The van der Waals surface area contributed by atoms with Crippen LogP contribution in [0.1, 0.15) is 36.8 Å². The fourth-order valence-electron chi connectivity index (χ4n) is 4.38. The van der Waals surface area contributed by atoms with Gasteiger partial charge in [-0.15, -0.1) is 0 Å². The minimum absolute atomic E-state index is 0.00738. The van der Waals surface area contributed by atoms with Gasteiger partial charge < -0.3 is 14.6 Å². The third-order valence-corrected chi connectivity index (χ3v) is 5.43. The molecule has 2 aliphatic heterocycles. The summed E-state index contributed by atoms with van der Waals surface area (Å²) in [6.07, 6.45) is 3.25. The van der Waals surface area contributed by atoms with E-state index in [1.807, 2.05) is 11.1 Å². The largest absolute Gasteiger partial charge is 0.493 e. The monoisotopic (exact) mass is 290 g/mol. The molecule has 0 amide bonds. The highest BCUT2D eigenvalue weighted by atomic mass is 16.5. The van der Waals surface area contributed by atoms with Gasteiger partial charge in [0.2, 0.25) is 0 Å². The van der Waals surface area contributed by atoms with Gasteiger partial charge in [0.05, 0.1) is 13.2 Å². The zero-order valence-corrected chi connectivity index (χ0v) is 12.3. The third-order valence-electron chi connectivity index (χ3n) is 5.43. The summed E-state index contributed by atoms with van der Waals surface area (Å²) in [7, 11) is 1.68. The van der Waals surface area contributed by atoms with Crippen LogP contribution in [0.2, 0.25) is 0 Å². The second-order valence-electron chi connectivity index (χ2n) is 6.54. The summed E-state index contributed by atoms with van der Waals surface area (Å²) in [5, 5.41) is 11.9. The maximum atomic E-state index is 10.0. The summed E-state index contributed by atoms with van der Waals surface area (Å²) >= 11 is 0. The Balaban J connectivity index is 1.90. The van der Waals surface area contributed by atoms with E-state index in [4.69, 9.17) is 15.3 Å². The predicted octanol–water partition coefficient (Wildman–Crippen LogP) is 1.32. The molecule has 4 rings (SSSR count). The van der Waals surface area contributed by atoms with Crippen LogP contribution >= 0.6 is 0 Å². The standard InChI is InChI=1S/C16H22N2O3/c1-20-12-3-2-10-9-18(17)7-6-16-5-4-11(19)8-13(16)21-15(12)14(10)16/h2-3,11,13,19H,4-9,17H2,1H3/t11?,13?,16-/m0/s1. The molecule has 1 spiro atoms. The number of aliphatic hydroxyl groups is 1. The van der Waals surface area contributed by atoms with Crippen LogP contribution in [0.25, 0.3) is 0 Å². The Morgan fingerprint density at radius 2 is 2.29 bits per heavy atom. The van der Waals surface area contributed by atoms with Crippen LogP contribution in [0.15, 0.2) is 12.1 Å². The van der Waals surface area contributed by atoms with Crippen molar-refractivity contribution in [2.75, 3.05) is 13.7 Å². The molecule has 21 heavy (non-hydrogen) atoms. The van der Waals surface area contributed by atoms with E-state index >= 15 is 0 Å².